The largest absolute Gasteiger partial charge is 0.376 e. The van der Waals surface area contributed by atoms with E-state index in [-0.39, 0.29) is 23.5 Å². The maximum atomic E-state index is 13.9. The highest BCUT2D eigenvalue weighted by atomic mass is 35.5. The van der Waals surface area contributed by atoms with Gasteiger partial charge in [-0.3, -0.25) is 4.79 Å². The zero-order valence-electron chi connectivity index (χ0n) is 10.6. The van der Waals surface area contributed by atoms with Gasteiger partial charge in [-0.1, -0.05) is 12.8 Å². The Morgan fingerprint density at radius 1 is 1.37 bits per heavy atom. The van der Waals surface area contributed by atoms with Crippen molar-refractivity contribution in [3.05, 3.63) is 29.6 Å². The molecule has 6 heteroatoms. The number of hydrogen-bond donors (Lipinski definition) is 3. The normalized spacial score (nSPS) is 16.7. The predicted molar refractivity (Wildman–Crippen MR) is 76.0 cm³/mol. The first-order valence-electron chi connectivity index (χ1n) is 6.14. The Morgan fingerprint density at radius 2 is 2.00 bits per heavy atom. The first kappa shape index (κ1) is 15.7. The van der Waals surface area contributed by atoms with Crippen molar-refractivity contribution in [2.45, 2.75) is 31.2 Å². The first-order chi connectivity index (χ1) is 8.56. The van der Waals surface area contributed by atoms with E-state index >= 15 is 0 Å². The van der Waals surface area contributed by atoms with Crippen LogP contribution in [0.4, 0.5) is 10.1 Å². The van der Waals surface area contributed by atoms with Gasteiger partial charge in [0.25, 0.3) is 0 Å². The topological polar surface area (TPSA) is 81.1 Å². The molecular formula is C13H19ClFN3O. The number of benzene rings is 1. The minimum absolute atomic E-state index is 0. The summed E-state index contributed by atoms with van der Waals surface area (Å²) in [6.07, 6.45) is 4.09. The van der Waals surface area contributed by atoms with Gasteiger partial charge in [-0.05, 0) is 31.0 Å². The van der Waals surface area contributed by atoms with Crippen LogP contribution in [0.5, 0.6) is 0 Å². The number of anilines is 1. The van der Waals surface area contributed by atoms with Crippen LogP contribution in [0.15, 0.2) is 18.2 Å². The molecule has 0 atom stereocenters. The van der Waals surface area contributed by atoms with E-state index in [4.69, 9.17) is 11.5 Å². The monoisotopic (exact) mass is 287 g/mol. The average molecular weight is 288 g/mol. The van der Waals surface area contributed by atoms with E-state index in [1.54, 1.807) is 6.07 Å². The number of rotatable bonds is 4. The third-order valence-electron chi connectivity index (χ3n) is 3.60. The van der Waals surface area contributed by atoms with Gasteiger partial charge in [0.2, 0.25) is 5.91 Å². The Balaban J connectivity index is 0.00000180. The molecule has 0 saturated heterocycles. The molecule has 1 aromatic rings. The Kier molecular flexibility index (Phi) is 5.14. The van der Waals surface area contributed by atoms with Gasteiger partial charge < -0.3 is 16.8 Å². The van der Waals surface area contributed by atoms with Gasteiger partial charge in [0.15, 0.2) is 0 Å². The van der Waals surface area contributed by atoms with E-state index in [1.165, 1.54) is 6.07 Å². The molecular weight excluding hydrogens is 269 g/mol. The molecule has 5 N–H and O–H groups in total. The zero-order valence-corrected chi connectivity index (χ0v) is 11.4. The van der Waals surface area contributed by atoms with Gasteiger partial charge in [0.05, 0.1) is 5.69 Å². The van der Waals surface area contributed by atoms with Crippen LogP contribution < -0.4 is 16.8 Å². The summed E-state index contributed by atoms with van der Waals surface area (Å²) in [6.45, 7) is 0.476. The predicted octanol–water partition coefficient (Wildman–Crippen LogP) is 2.03. The van der Waals surface area contributed by atoms with Crippen molar-refractivity contribution < 1.29 is 9.18 Å². The molecule has 1 aromatic carbocycles. The standard InChI is InChI=1S/C13H18FN3O.ClH/c14-10-7-9(12(16)18)3-4-11(10)17-13(8-15)5-1-2-6-13;/h3-4,7,17H,1-2,5-6,8,15H2,(H2,16,18);1H. The van der Waals surface area contributed by atoms with Crippen molar-refractivity contribution in [2.75, 3.05) is 11.9 Å². The van der Waals surface area contributed by atoms with E-state index in [0.29, 0.717) is 12.2 Å². The minimum Gasteiger partial charge on any atom is -0.376 e. The summed E-state index contributed by atoms with van der Waals surface area (Å²) in [5, 5.41) is 3.19. The average Bonchev–Trinajstić information content (AvgIpc) is 2.81. The lowest BCUT2D eigenvalue weighted by molar-refractivity contribution is 0.1000. The minimum atomic E-state index is -0.630. The lowest BCUT2D eigenvalue weighted by atomic mass is 9.97. The van der Waals surface area contributed by atoms with Gasteiger partial charge in [0.1, 0.15) is 5.82 Å². The Morgan fingerprint density at radius 3 is 2.47 bits per heavy atom. The maximum absolute atomic E-state index is 13.9. The van der Waals surface area contributed by atoms with Gasteiger partial charge >= 0.3 is 0 Å². The second-order valence-corrected chi connectivity index (χ2v) is 4.88. The van der Waals surface area contributed by atoms with Gasteiger partial charge in [-0.15, -0.1) is 12.4 Å². The highest BCUT2D eigenvalue weighted by Crippen LogP contribution is 2.33. The number of nitrogens with two attached hydrogens (primary N) is 2. The van der Waals surface area contributed by atoms with Gasteiger partial charge in [0, 0.05) is 17.6 Å². The molecule has 1 saturated carbocycles. The number of primary amides is 1. The van der Waals surface area contributed by atoms with Crippen LogP contribution >= 0.6 is 12.4 Å². The number of carbonyl (C=O) groups excluding carboxylic acids is 1. The van der Waals surface area contributed by atoms with Crippen LogP contribution in [-0.4, -0.2) is 18.0 Å². The summed E-state index contributed by atoms with van der Waals surface area (Å²) in [5.74, 6) is -1.10. The van der Waals surface area contributed by atoms with Crippen LogP contribution in [-0.2, 0) is 0 Å². The fraction of sp³-hybridized carbons (Fsp3) is 0.462. The van der Waals surface area contributed by atoms with Crippen molar-refractivity contribution in [3.8, 4) is 0 Å². The highest BCUT2D eigenvalue weighted by Gasteiger charge is 2.32. The summed E-state index contributed by atoms with van der Waals surface area (Å²) >= 11 is 0. The fourth-order valence-electron chi connectivity index (χ4n) is 2.49. The van der Waals surface area contributed by atoms with Crippen LogP contribution in [0, 0.1) is 5.82 Å². The molecule has 106 valence electrons. The van der Waals surface area contributed by atoms with Crippen molar-refractivity contribution in [1.82, 2.24) is 0 Å². The van der Waals surface area contributed by atoms with Crippen LogP contribution in [0.25, 0.3) is 0 Å². The molecule has 0 bridgehead atoms. The van der Waals surface area contributed by atoms with Crippen LogP contribution in [0.3, 0.4) is 0 Å². The molecule has 1 aliphatic carbocycles. The number of nitrogens with one attached hydrogen (secondary N) is 1. The number of hydrogen-bond acceptors (Lipinski definition) is 3. The summed E-state index contributed by atoms with van der Waals surface area (Å²) in [7, 11) is 0. The molecule has 4 nitrogen and oxygen atoms in total. The van der Waals surface area contributed by atoms with Gasteiger partial charge in [-0.25, -0.2) is 4.39 Å². The van der Waals surface area contributed by atoms with Crippen LogP contribution in [0.2, 0.25) is 0 Å². The van der Waals surface area contributed by atoms with E-state index in [9.17, 15) is 9.18 Å². The second-order valence-electron chi connectivity index (χ2n) is 4.88. The molecule has 0 radical (unpaired) electrons. The quantitative estimate of drug-likeness (QED) is 0.792. The molecule has 19 heavy (non-hydrogen) atoms. The molecule has 1 fully saturated rings. The SMILES string of the molecule is Cl.NCC1(Nc2ccc(C(N)=O)cc2F)CCCC1. The molecule has 2 rings (SSSR count). The van der Waals surface area contributed by atoms with E-state index < -0.39 is 11.7 Å². The molecule has 1 amide bonds. The van der Waals surface area contributed by atoms with Crippen molar-refractivity contribution in [1.29, 1.82) is 0 Å². The number of halogens is 2. The summed E-state index contributed by atoms with van der Waals surface area (Å²) in [4.78, 5) is 10.9. The molecule has 0 aromatic heterocycles. The molecule has 0 unspecified atom stereocenters. The second kappa shape index (κ2) is 6.21. The summed E-state index contributed by atoms with van der Waals surface area (Å²) < 4.78 is 13.9. The van der Waals surface area contributed by atoms with E-state index in [2.05, 4.69) is 5.32 Å². The lowest BCUT2D eigenvalue weighted by Gasteiger charge is -2.30. The Bertz CT molecular complexity index is 461. The third-order valence-corrected chi connectivity index (χ3v) is 3.60. The molecule has 0 heterocycles. The summed E-state index contributed by atoms with van der Waals surface area (Å²) in [6, 6.07) is 4.22. The Labute approximate surface area is 118 Å². The zero-order chi connectivity index (χ0) is 13.2. The molecule has 0 spiro atoms. The lowest BCUT2D eigenvalue weighted by Crippen LogP contribution is -2.43. The van der Waals surface area contributed by atoms with Crippen molar-refractivity contribution in [3.63, 3.8) is 0 Å². The number of carbonyl (C=O) groups is 1. The van der Waals surface area contributed by atoms with E-state index in [0.717, 1.165) is 31.7 Å². The fourth-order valence-corrected chi connectivity index (χ4v) is 2.49. The van der Waals surface area contributed by atoms with Crippen molar-refractivity contribution in [2.24, 2.45) is 11.5 Å². The third kappa shape index (κ3) is 3.36. The number of amides is 1. The Hall–Kier alpha value is -1.33. The van der Waals surface area contributed by atoms with Crippen LogP contribution in [0.1, 0.15) is 36.0 Å². The maximum Gasteiger partial charge on any atom is 0.248 e. The highest BCUT2D eigenvalue weighted by molar-refractivity contribution is 5.93. The smallest absolute Gasteiger partial charge is 0.248 e. The van der Waals surface area contributed by atoms with Crippen molar-refractivity contribution >= 4 is 24.0 Å². The molecule has 1 aliphatic rings. The summed E-state index contributed by atoms with van der Waals surface area (Å²) in [5.41, 5.74) is 11.2. The first-order valence-corrected chi connectivity index (χ1v) is 6.14. The molecule has 0 aliphatic heterocycles. The van der Waals surface area contributed by atoms with E-state index in [1.807, 2.05) is 0 Å². The van der Waals surface area contributed by atoms with Gasteiger partial charge in [-0.2, -0.15) is 0 Å².